The maximum absolute atomic E-state index is 11.4. The molecule has 2 bridgehead atoms. The van der Waals surface area contributed by atoms with E-state index in [1.807, 2.05) is 0 Å². The van der Waals surface area contributed by atoms with Gasteiger partial charge in [-0.15, -0.1) is 0 Å². The number of esters is 1. The van der Waals surface area contributed by atoms with Crippen LogP contribution in [-0.2, 0) is 14.3 Å². The van der Waals surface area contributed by atoms with Gasteiger partial charge in [-0.1, -0.05) is 15.9 Å². The number of carboxylic acids is 1. The van der Waals surface area contributed by atoms with Gasteiger partial charge >= 0.3 is 11.9 Å². The van der Waals surface area contributed by atoms with Crippen LogP contribution < -0.4 is 0 Å². The number of rotatable bonds is 1. The van der Waals surface area contributed by atoms with E-state index in [4.69, 9.17) is 9.84 Å². The molecule has 0 spiro atoms. The van der Waals surface area contributed by atoms with Crippen molar-refractivity contribution in [1.82, 2.24) is 0 Å². The van der Waals surface area contributed by atoms with Crippen molar-refractivity contribution < 1.29 is 19.4 Å². The van der Waals surface area contributed by atoms with Crippen LogP contribution in [0, 0.1) is 23.7 Å². The van der Waals surface area contributed by atoms with Crippen molar-refractivity contribution in [2.24, 2.45) is 23.7 Å². The molecule has 1 aliphatic heterocycles. The number of alkyl halides is 1. The molecule has 1 saturated heterocycles. The second-order valence-electron chi connectivity index (χ2n) is 4.30. The highest BCUT2D eigenvalue weighted by Crippen LogP contribution is 2.59. The third-order valence-corrected chi connectivity index (χ3v) is 5.01. The summed E-state index contributed by atoms with van der Waals surface area (Å²) in [5.74, 6) is -1.87. The summed E-state index contributed by atoms with van der Waals surface area (Å²) < 4.78 is 5.18. The molecule has 0 unspecified atom stereocenters. The average molecular weight is 261 g/mol. The molecule has 1 heterocycles. The van der Waals surface area contributed by atoms with Crippen molar-refractivity contribution >= 4 is 27.9 Å². The summed E-state index contributed by atoms with van der Waals surface area (Å²) in [4.78, 5) is 22.5. The fourth-order valence-electron chi connectivity index (χ4n) is 3.31. The number of hydrogen-bond acceptors (Lipinski definition) is 3. The van der Waals surface area contributed by atoms with Gasteiger partial charge in [-0.25, -0.2) is 0 Å². The van der Waals surface area contributed by atoms with E-state index in [1.165, 1.54) is 0 Å². The molecular formula is C9H9BrO4. The third kappa shape index (κ3) is 0.798. The minimum atomic E-state index is -0.857. The van der Waals surface area contributed by atoms with Crippen molar-refractivity contribution in [2.45, 2.75) is 17.4 Å². The number of aliphatic carboxylic acids is 1. The first kappa shape index (κ1) is 8.71. The van der Waals surface area contributed by atoms with E-state index in [1.54, 1.807) is 0 Å². The van der Waals surface area contributed by atoms with Gasteiger partial charge in [0, 0.05) is 5.92 Å². The summed E-state index contributed by atoms with van der Waals surface area (Å²) in [5, 5.41) is 9.06. The smallest absolute Gasteiger partial charge is 0.310 e. The topological polar surface area (TPSA) is 63.6 Å². The van der Waals surface area contributed by atoms with Crippen LogP contribution in [0.4, 0.5) is 0 Å². The molecule has 2 aliphatic carbocycles. The summed E-state index contributed by atoms with van der Waals surface area (Å²) in [6.07, 6.45) is 0.738. The van der Waals surface area contributed by atoms with Crippen LogP contribution in [0.2, 0.25) is 0 Å². The first-order valence-electron chi connectivity index (χ1n) is 4.68. The lowest BCUT2D eigenvalue weighted by molar-refractivity contribution is -0.151. The molecule has 0 aromatic carbocycles. The SMILES string of the molecule is O=C1O[C@H]2[C@@H](Br)[C@@H]3C[C@H]2[C@@H]1[C@@H]3C(=O)O. The van der Waals surface area contributed by atoms with Gasteiger partial charge in [-0.05, 0) is 12.3 Å². The van der Waals surface area contributed by atoms with E-state index >= 15 is 0 Å². The molecule has 0 radical (unpaired) electrons. The Morgan fingerprint density at radius 2 is 2.21 bits per heavy atom. The van der Waals surface area contributed by atoms with Crippen molar-refractivity contribution in [3.05, 3.63) is 0 Å². The number of halogens is 1. The Kier molecular flexibility index (Phi) is 1.56. The van der Waals surface area contributed by atoms with Crippen molar-refractivity contribution in [2.75, 3.05) is 0 Å². The molecule has 3 fully saturated rings. The highest BCUT2D eigenvalue weighted by atomic mass is 79.9. The van der Waals surface area contributed by atoms with Crippen molar-refractivity contribution in [1.29, 1.82) is 0 Å². The van der Waals surface area contributed by atoms with E-state index in [0.29, 0.717) is 0 Å². The molecule has 3 rings (SSSR count). The zero-order chi connectivity index (χ0) is 10.0. The second-order valence-corrected chi connectivity index (χ2v) is 5.36. The van der Waals surface area contributed by atoms with E-state index in [0.717, 1.165) is 6.42 Å². The maximum atomic E-state index is 11.4. The third-order valence-electron chi connectivity index (χ3n) is 3.81. The van der Waals surface area contributed by atoms with Gasteiger partial charge in [-0.2, -0.15) is 0 Å². The van der Waals surface area contributed by atoms with Gasteiger partial charge in [-0.3, -0.25) is 9.59 Å². The van der Waals surface area contributed by atoms with Crippen molar-refractivity contribution in [3.8, 4) is 0 Å². The first-order chi connectivity index (χ1) is 6.61. The highest BCUT2D eigenvalue weighted by molar-refractivity contribution is 9.09. The molecular weight excluding hydrogens is 252 g/mol. The number of carboxylic acid groups (broad SMARTS) is 1. The Morgan fingerprint density at radius 1 is 1.50 bits per heavy atom. The van der Waals surface area contributed by atoms with E-state index < -0.39 is 11.9 Å². The molecule has 0 aromatic heterocycles. The number of ether oxygens (including phenoxy) is 1. The van der Waals surface area contributed by atoms with Gasteiger partial charge in [0.15, 0.2) is 0 Å². The molecule has 0 amide bonds. The van der Waals surface area contributed by atoms with Gasteiger partial charge in [0.05, 0.1) is 16.7 Å². The van der Waals surface area contributed by atoms with Crippen LogP contribution in [-0.4, -0.2) is 28.0 Å². The standard InChI is InChI=1S/C9H9BrO4/c10-6-2-1-3-5(4(2)8(11)12)9(13)14-7(3)6/h2-7H,1H2,(H,11,12)/t2-,3+,4-,5-,6+,7-/m1/s1. The van der Waals surface area contributed by atoms with Crippen LogP contribution in [0.3, 0.4) is 0 Å². The number of carbonyl (C=O) groups excluding carboxylic acids is 1. The quantitative estimate of drug-likeness (QED) is 0.555. The molecule has 5 heteroatoms. The first-order valence-corrected chi connectivity index (χ1v) is 5.60. The summed E-state index contributed by atoms with van der Waals surface area (Å²) in [7, 11) is 0. The highest BCUT2D eigenvalue weighted by Gasteiger charge is 2.67. The zero-order valence-electron chi connectivity index (χ0n) is 7.22. The Balaban J connectivity index is 2.04. The molecule has 0 aromatic rings. The fourth-order valence-corrected chi connectivity index (χ4v) is 4.35. The Hall–Kier alpha value is -0.580. The Bertz CT molecular complexity index is 329. The maximum Gasteiger partial charge on any atom is 0.310 e. The van der Waals surface area contributed by atoms with Crippen LogP contribution in [0.1, 0.15) is 6.42 Å². The number of hydrogen-bond donors (Lipinski definition) is 1. The molecule has 3 aliphatic rings. The predicted octanol–water partition coefficient (Wildman–Crippen LogP) is 0.642. The summed E-state index contributed by atoms with van der Waals surface area (Å²) in [6.45, 7) is 0. The summed E-state index contributed by atoms with van der Waals surface area (Å²) in [5.41, 5.74) is 0. The molecule has 14 heavy (non-hydrogen) atoms. The molecule has 4 nitrogen and oxygen atoms in total. The van der Waals surface area contributed by atoms with Crippen LogP contribution >= 0.6 is 15.9 Å². The summed E-state index contributed by atoms with van der Waals surface area (Å²) >= 11 is 3.44. The molecule has 1 N–H and O–H groups in total. The van der Waals surface area contributed by atoms with Gasteiger partial charge in [0.1, 0.15) is 6.10 Å². The molecule has 76 valence electrons. The van der Waals surface area contributed by atoms with Crippen molar-refractivity contribution in [3.63, 3.8) is 0 Å². The van der Waals surface area contributed by atoms with Crippen LogP contribution in [0.5, 0.6) is 0 Å². The van der Waals surface area contributed by atoms with Crippen LogP contribution in [0.15, 0.2) is 0 Å². The van der Waals surface area contributed by atoms with Gasteiger partial charge in [0.25, 0.3) is 0 Å². The molecule has 6 atom stereocenters. The van der Waals surface area contributed by atoms with E-state index in [-0.39, 0.29) is 34.7 Å². The van der Waals surface area contributed by atoms with Gasteiger partial charge in [0.2, 0.25) is 0 Å². The minimum absolute atomic E-state index is 0.0382. The van der Waals surface area contributed by atoms with E-state index in [2.05, 4.69) is 15.9 Å². The number of carbonyl (C=O) groups is 2. The molecule has 2 saturated carbocycles. The summed E-state index contributed by atoms with van der Waals surface area (Å²) in [6, 6.07) is 0. The largest absolute Gasteiger partial charge is 0.481 e. The van der Waals surface area contributed by atoms with Crippen LogP contribution in [0.25, 0.3) is 0 Å². The lowest BCUT2D eigenvalue weighted by Gasteiger charge is -2.25. The van der Waals surface area contributed by atoms with Gasteiger partial charge < -0.3 is 9.84 Å². The minimum Gasteiger partial charge on any atom is -0.481 e. The Labute approximate surface area is 88.7 Å². The fraction of sp³-hybridized carbons (Fsp3) is 0.778. The Morgan fingerprint density at radius 3 is 2.86 bits per heavy atom. The number of fused-ring (bicyclic) bond motifs is 1. The normalized spacial score (nSPS) is 53.6. The monoisotopic (exact) mass is 260 g/mol. The average Bonchev–Trinajstić information content (AvgIpc) is 2.67. The lowest BCUT2D eigenvalue weighted by atomic mass is 9.80. The predicted molar refractivity (Wildman–Crippen MR) is 48.8 cm³/mol. The lowest BCUT2D eigenvalue weighted by Crippen LogP contribution is -2.37. The zero-order valence-corrected chi connectivity index (χ0v) is 8.81. The second kappa shape index (κ2) is 2.51. The van der Waals surface area contributed by atoms with E-state index in [9.17, 15) is 9.59 Å².